The maximum atomic E-state index is 12.7. The van der Waals surface area contributed by atoms with E-state index in [0.29, 0.717) is 10.8 Å². The number of likely N-dealkylation sites (tertiary alicyclic amines) is 1. The number of nitrogens with zero attached hydrogens (tertiary/aromatic N) is 4. The van der Waals surface area contributed by atoms with Gasteiger partial charge >= 0.3 is 0 Å². The molecule has 0 N–H and O–H groups in total. The molecular formula is C21H22N4OS. The summed E-state index contributed by atoms with van der Waals surface area (Å²) in [6.45, 7) is 5.38. The third kappa shape index (κ3) is 3.76. The van der Waals surface area contributed by atoms with Crippen LogP contribution in [0.3, 0.4) is 0 Å². The number of amides is 1. The van der Waals surface area contributed by atoms with Gasteiger partial charge in [0.1, 0.15) is 4.88 Å². The fourth-order valence-corrected chi connectivity index (χ4v) is 4.28. The van der Waals surface area contributed by atoms with Gasteiger partial charge < -0.3 is 4.90 Å². The van der Waals surface area contributed by atoms with Crippen LogP contribution in [0.4, 0.5) is 0 Å². The van der Waals surface area contributed by atoms with Gasteiger partial charge in [-0.05, 0) is 61.5 Å². The van der Waals surface area contributed by atoms with Gasteiger partial charge in [0.05, 0.1) is 5.69 Å². The van der Waals surface area contributed by atoms with E-state index in [9.17, 15) is 4.79 Å². The molecule has 0 saturated carbocycles. The highest BCUT2D eigenvalue weighted by Crippen LogP contribution is 2.31. The molecule has 1 aliphatic rings. The number of piperidine rings is 1. The highest BCUT2D eigenvalue weighted by atomic mass is 32.1. The second-order valence-corrected chi connectivity index (χ2v) is 7.80. The van der Waals surface area contributed by atoms with Gasteiger partial charge in [0.25, 0.3) is 5.91 Å². The zero-order valence-electron chi connectivity index (χ0n) is 15.6. The van der Waals surface area contributed by atoms with Gasteiger partial charge in [-0.2, -0.15) is 0 Å². The van der Waals surface area contributed by atoms with Crippen LogP contribution in [-0.4, -0.2) is 38.5 Å². The summed E-state index contributed by atoms with van der Waals surface area (Å²) in [6.07, 6.45) is 1.86. The van der Waals surface area contributed by atoms with Gasteiger partial charge in [0, 0.05) is 30.4 Å². The van der Waals surface area contributed by atoms with E-state index in [4.69, 9.17) is 4.98 Å². The van der Waals surface area contributed by atoms with E-state index < -0.39 is 0 Å². The second kappa shape index (κ2) is 7.56. The molecule has 2 aromatic heterocycles. The van der Waals surface area contributed by atoms with Crippen molar-refractivity contribution in [3.05, 3.63) is 64.4 Å². The largest absolute Gasteiger partial charge is 0.338 e. The molecule has 0 radical (unpaired) electrons. The highest BCUT2D eigenvalue weighted by Gasteiger charge is 2.27. The van der Waals surface area contributed by atoms with E-state index in [1.807, 2.05) is 24.8 Å². The molecule has 0 aliphatic carbocycles. The molecular weight excluding hydrogens is 356 g/mol. The van der Waals surface area contributed by atoms with Crippen LogP contribution in [0.15, 0.2) is 42.5 Å². The van der Waals surface area contributed by atoms with Gasteiger partial charge in [-0.1, -0.05) is 34.8 Å². The lowest BCUT2D eigenvalue weighted by Crippen LogP contribution is -2.38. The summed E-state index contributed by atoms with van der Waals surface area (Å²) in [4.78, 5) is 20.0. The number of hydrogen-bond donors (Lipinski definition) is 0. The second-order valence-electron chi connectivity index (χ2n) is 7.04. The minimum Gasteiger partial charge on any atom is -0.338 e. The summed E-state index contributed by atoms with van der Waals surface area (Å²) in [5.74, 6) is 0.445. The third-order valence-corrected chi connectivity index (χ3v) is 5.94. The molecule has 5 nitrogen and oxygen atoms in total. The molecule has 1 aromatic carbocycles. The van der Waals surface area contributed by atoms with E-state index in [2.05, 4.69) is 46.0 Å². The van der Waals surface area contributed by atoms with Crippen LogP contribution in [0, 0.1) is 13.8 Å². The summed E-state index contributed by atoms with van der Waals surface area (Å²) < 4.78 is 3.88. The number of aromatic nitrogens is 3. The molecule has 27 heavy (non-hydrogen) atoms. The van der Waals surface area contributed by atoms with Crippen LogP contribution in [0.2, 0.25) is 0 Å². The van der Waals surface area contributed by atoms with Crippen molar-refractivity contribution >= 4 is 17.4 Å². The molecule has 0 spiro atoms. The Bertz CT molecular complexity index is 946. The molecule has 3 aromatic rings. The number of aryl methyl sites for hydroxylation is 2. The van der Waals surface area contributed by atoms with Crippen molar-refractivity contribution in [3.8, 4) is 11.1 Å². The van der Waals surface area contributed by atoms with E-state index in [-0.39, 0.29) is 5.91 Å². The summed E-state index contributed by atoms with van der Waals surface area (Å²) in [6, 6.07) is 14.8. The van der Waals surface area contributed by atoms with Crippen molar-refractivity contribution in [1.29, 1.82) is 0 Å². The van der Waals surface area contributed by atoms with E-state index in [1.54, 1.807) is 0 Å². The minimum atomic E-state index is 0.0585. The Balaban J connectivity index is 1.49. The van der Waals surface area contributed by atoms with Crippen molar-refractivity contribution in [2.45, 2.75) is 32.6 Å². The Morgan fingerprint density at radius 3 is 2.48 bits per heavy atom. The Labute approximate surface area is 163 Å². The van der Waals surface area contributed by atoms with Crippen molar-refractivity contribution < 1.29 is 4.79 Å². The van der Waals surface area contributed by atoms with Crippen LogP contribution in [-0.2, 0) is 0 Å². The summed E-state index contributed by atoms with van der Waals surface area (Å²) in [5, 5.41) is 3.95. The smallest absolute Gasteiger partial charge is 0.267 e. The number of carbonyl (C=O) groups is 1. The summed E-state index contributed by atoms with van der Waals surface area (Å²) >= 11 is 1.19. The van der Waals surface area contributed by atoms with E-state index in [1.165, 1.54) is 22.7 Å². The lowest BCUT2D eigenvalue weighted by Gasteiger charge is -2.31. The Kier molecular flexibility index (Phi) is 4.99. The molecule has 3 heterocycles. The monoisotopic (exact) mass is 378 g/mol. The Hall–Kier alpha value is -2.60. The van der Waals surface area contributed by atoms with E-state index >= 15 is 0 Å². The predicted molar refractivity (Wildman–Crippen MR) is 107 cm³/mol. The van der Waals surface area contributed by atoms with Crippen molar-refractivity contribution in [2.24, 2.45) is 0 Å². The standard InChI is InChI=1S/C21H22N4OS/c1-14-12-18(16-6-4-3-5-7-16)13-19(22-14)17-8-10-25(11-9-17)21(26)20-15(2)23-24-27-20/h3-7,12-13,17H,8-11H2,1-2H3. The lowest BCUT2D eigenvalue weighted by atomic mass is 9.91. The molecule has 6 heteroatoms. The summed E-state index contributed by atoms with van der Waals surface area (Å²) in [5.41, 5.74) is 5.32. The SMILES string of the molecule is Cc1cc(-c2ccccc2)cc(C2CCN(C(=O)c3snnc3C)CC2)n1. The van der Waals surface area contributed by atoms with Crippen LogP contribution in [0.5, 0.6) is 0 Å². The van der Waals surface area contributed by atoms with Crippen molar-refractivity contribution in [1.82, 2.24) is 19.5 Å². The number of rotatable bonds is 3. The Morgan fingerprint density at radius 2 is 1.81 bits per heavy atom. The fourth-order valence-electron chi connectivity index (χ4n) is 3.65. The quantitative estimate of drug-likeness (QED) is 0.684. The molecule has 0 atom stereocenters. The predicted octanol–water partition coefficient (Wildman–Crippen LogP) is 4.24. The van der Waals surface area contributed by atoms with Crippen LogP contribution in [0.25, 0.3) is 11.1 Å². The average Bonchev–Trinajstić information content (AvgIpc) is 3.13. The van der Waals surface area contributed by atoms with Gasteiger partial charge in [-0.3, -0.25) is 9.78 Å². The lowest BCUT2D eigenvalue weighted by molar-refractivity contribution is 0.0716. The van der Waals surface area contributed by atoms with Crippen LogP contribution < -0.4 is 0 Å². The molecule has 1 amide bonds. The zero-order valence-corrected chi connectivity index (χ0v) is 16.4. The van der Waals surface area contributed by atoms with Gasteiger partial charge in [-0.15, -0.1) is 5.10 Å². The zero-order chi connectivity index (χ0) is 18.8. The van der Waals surface area contributed by atoms with Gasteiger partial charge in [-0.25, -0.2) is 0 Å². The first-order chi connectivity index (χ1) is 13.1. The molecule has 138 valence electrons. The number of pyridine rings is 1. The summed E-state index contributed by atoms with van der Waals surface area (Å²) in [7, 11) is 0. The maximum absolute atomic E-state index is 12.7. The fraction of sp³-hybridized carbons (Fsp3) is 0.333. The average molecular weight is 379 g/mol. The van der Waals surface area contributed by atoms with Crippen molar-refractivity contribution in [3.63, 3.8) is 0 Å². The van der Waals surface area contributed by atoms with Crippen LogP contribution >= 0.6 is 11.5 Å². The number of benzene rings is 1. The van der Waals surface area contributed by atoms with Crippen LogP contribution in [0.1, 0.15) is 45.5 Å². The third-order valence-electron chi connectivity index (χ3n) is 5.13. The molecule has 1 saturated heterocycles. The molecule has 4 rings (SSSR count). The molecule has 1 fully saturated rings. The highest BCUT2D eigenvalue weighted by molar-refractivity contribution is 7.07. The molecule has 0 bridgehead atoms. The minimum absolute atomic E-state index is 0.0585. The number of hydrogen-bond acceptors (Lipinski definition) is 5. The first-order valence-electron chi connectivity index (χ1n) is 9.24. The number of carbonyl (C=O) groups excluding carboxylic acids is 1. The van der Waals surface area contributed by atoms with Gasteiger partial charge in [0.2, 0.25) is 0 Å². The topological polar surface area (TPSA) is 59.0 Å². The molecule has 0 unspecified atom stereocenters. The first-order valence-corrected chi connectivity index (χ1v) is 10.0. The van der Waals surface area contributed by atoms with Crippen molar-refractivity contribution in [2.75, 3.05) is 13.1 Å². The first kappa shape index (κ1) is 17.8. The van der Waals surface area contributed by atoms with E-state index in [0.717, 1.165) is 43.0 Å². The molecule has 1 aliphatic heterocycles. The normalized spacial score (nSPS) is 15.1. The van der Waals surface area contributed by atoms with Gasteiger partial charge in [0.15, 0.2) is 0 Å². The maximum Gasteiger partial charge on any atom is 0.267 e. The Morgan fingerprint density at radius 1 is 1.07 bits per heavy atom.